The van der Waals surface area contributed by atoms with Gasteiger partial charge in [-0.3, -0.25) is 0 Å². The molecular weight excluding hydrogens is 316 g/mol. The number of rotatable bonds is 5. The Labute approximate surface area is 150 Å². The first-order valence-corrected chi connectivity index (χ1v) is 10.2. The minimum absolute atomic E-state index is 0.402. The summed E-state index contributed by atoms with van der Waals surface area (Å²) in [5.74, 6) is 3.22. The lowest BCUT2D eigenvalue weighted by Crippen LogP contribution is -2.44. The number of nitrogens with zero attached hydrogens (tertiary/aromatic N) is 4. The Hall–Kier alpha value is -0.980. The number of aromatic nitrogens is 3. The van der Waals surface area contributed by atoms with Gasteiger partial charge < -0.3 is 14.4 Å². The topological polar surface area (TPSA) is 52.4 Å². The van der Waals surface area contributed by atoms with Crippen LogP contribution in [0.25, 0.3) is 0 Å². The van der Waals surface area contributed by atoms with E-state index in [0.717, 1.165) is 57.7 Å². The Kier molecular flexibility index (Phi) is 5.68. The molecule has 0 amide bonds. The first-order valence-electron chi connectivity index (χ1n) is 10.2. The Bertz CT molecular complexity index is 542. The smallest absolute Gasteiger partial charge is 0.156 e. The van der Waals surface area contributed by atoms with Crippen molar-refractivity contribution in [3.63, 3.8) is 0 Å². The van der Waals surface area contributed by atoms with E-state index in [-0.39, 0.29) is 0 Å². The number of piperidine rings is 1. The van der Waals surface area contributed by atoms with E-state index in [1.807, 2.05) is 0 Å². The van der Waals surface area contributed by atoms with Crippen LogP contribution >= 0.6 is 0 Å². The van der Waals surface area contributed by atoms with Gasteiger partial charge in [0.05, 0.1) is 6.61 Å². The van der Waals surface area contributed by atoms with E-state index in [1.54, 1.807) is 0 Å². The summed E-state index contributed by atoms with van der Waals surface area (Å²) in [7, 11) is 0. The number of hydrogen-bond acceptors (Lipinski definition) is 5. The van der Waals surface area contributed by atoms with Gasteiger partial charge in [-0.1, -0.05) is 6.92 Å². The van der Waals surface area contributed by atoms with Crippen LogP contribution in [0, 0.1) is 0 Å². The lowest BCUT2D eigenvalue weighted by atomic mass is 9.93. The van der Waals surface area contributed by atoms with Crippen molar-refractivity contribution in [3.05, 3.63) is 11.6 Å². The minimum atomic E-state index is 0.402. The zero-order chi connectivity index (χ0) is 17.1. The number of aryl methyl sites for hydroxylation is 1. The minimum Gasteiger partial charge on any atom is -0.381 e. The van der Waals surface area contributed by atoms with Crippen molar-refractivity contribution in [2.75, 3.05) is 39.5 Å². The van der Waals surface area contributed by atoms with Gasteiger partial charge in [0.2, 0.25) is 0 Å². The molecule has 0 radical (unpaired) electrons. The molecule has 4 rings (SSSR count). The van der Waals surface area contributed by atoms with Crippen molar-refractivity contribution in [3.8, 4) is 0 Å². The van der Waals surface area contributed by atoms with Crippen molar-refractivity contribution in [2.45, 2.75) is 69.9 Å². The number of hydrogen-bond donors (Lipinski definition) is 0. The Morgan fingerprint density at radius 2 is 1.72 bits per heavy atom. The second-order valence-electron chi connectivity index (χ2n) is 7.77. The van der Waals surface area contributed by atoms with Gasteiger partial charge in [0.25, 0.3) is 0 Å². The predicted octanol–water partition coefficient (Wildman–Crippen LogP) is 2.55. The third kappa shape index (κ3) is 3.91. The lowest BCUT2D eigenvalue weighted by molar-refractivity contribution is 0.0247. The largest absolute Gasteiger partial charge is 0.381 e. The van der Waals surface area contributed by atoms with Crippen molar-refractivity contribution in [1.29, 1.82) is 0 Å². The van der Waals surface area contributed by atoms with Gasteiger partial charge in [-0.05, 0) is 51.6 Å². The van der Waals surface area contributed by atoms with E-state index in [1.165, 1.54) is 44.6 Å². The fourth-order valence-corrected chi connectivity index (χ4v) is 4.53. The van der Waals surface area contributed by atoms with E-state index in [4.69, 9.17) is 19.6 Å². The summed E-state index contributed by atoms with van der Waals surface area (Å²) in [5, 5.41) is 4.86. The highest BCUT2D eigenvalue weighted by atomic mass is 16.5. The van der Waals surface area contributed by atoms with Gasteiger partial charge in [-0.25, -0.2) is 9.67 Å². The highest BCUT2D eigenvalue weighted by Crippen LogP contribution is 2.31. The van der Waals surface area contributed by atoms with Crippen LogP contribution in [0.2, 0.25) is 0 Å². The highest BCUT2D eigenvalue weighted by molar-refractivity contribution is 5.07. The van der Waals surface area contributed by atoms with Crippen LogP contribution < -0.4 is 0 Å². The van der Waals surface area contributed by atoms with Gasteiger partial charge in [0, 0.05) is 44.2 Å². The molecule has 0 bridgehead atoms. The van der Waals surface area contributed by atoms with Crippen LogP contribution in [0.5, 0.6) is 0 Å². The molecule has 1 aromatic rings. The highest BCUT2D eigenvalue weighted by Gasteiger charge is 2.31. The van der Waals surface area contributed by atoms with Gasteiger partial charge >= 0.3 is 0 Å². The maximum absolute atomic E-state index is 5.54. The van der Waals surface area contributed by atoms with Crippen LogP contribution in [0.15, 0.2) is 0 Å². The van der Waals surface area contributed by atoms with Crippen LogP contribution in [0.1, 0.15) is 68.9 Å². The normalized spacial score (nSPS) is 27.2. The summed E-state index contributed by atoms with van der Waals surface area (Å²) in [4.78, 5) is 7.69. The lowest BCUT2D eigenvalue weighted by Gasteiger charge is -2.39. The van der Waals surface area contributed by atoms with Crippen LogP contribution in [-0.2, 0) is 16.0 Å². The van der Waals surface area contributed by atoms with Crippen molar-refractivity contribution >= 4 is 0 Å². The molecule has 140 valence electrons. The van der Waals surface area contributed by atoms with E-state index in [9.17, 15) is 0 Å². The molecule has 4 heterocycles. The van der Waals surface area contributed by atoms with E-state index in [2.05, 4.69) is 16.5 Å². The third-order valence-electron chi connectivity index (χ3n) is 6.05. The molecule has 3 saturated heterocycles. The Balaban J connectivity index is 1.42. The second kappa shape index (κ2) is 8.14. The number of ether oxygens (including phenoxy) is 2. The standard InChI is InChI=1S/C19H32N4O2/c1-2-8-23-19(20-18(21-23)16-5-11-25-14-16)15-3-9-22(10-4-15)17-6-12-24-13-7-17/h15-17H,2-14H2,1H3. The van der Waals surface area contributed by atoms with Gasteiger partial charge in [-0.2, -0.15) is 5.10 Å². The molecule has 0 spiro atoms. The zero-order valence-corrected chi connectivity index (χ0v) is 15.5. The summed E-state index contributed by atoms with van der Waals surface area (Å²) >= 11 is 0. The van der Waals surface area contributed by atoms with Gasteiger partial charge in [0.15, 0.2) is 5.82 Å². The molecule has 25 heavy (non-hydrogen) atoms. The molecule has 0 aromatic carbocycles. The second-order valence-corrected chi connectivity index (χ2v) is 7.77. The van der Waals surface area contributed by atoms with Crippen molar-refractivity contribution in [2.24, 2.45) is 0 Å². The average Bonchev–Trinajstić information content (AvgIpc) is 3.33. The SMILES string of the molecule is CCCn1nc(C2CCOC2)nc1C1CCN(C2CCOCC2)CC1. The molecule has 1 atom stereocenters. The zero-order valence-electron chi connectivity index (χ0n) is 15.5. The molecule has 0 aliphatic carbocycles. The van der Waals surface area contributed by atoms with Crippen molar-refractivity contribution < 1.29 is 9.47 Å². The summed E-state index contributed by atoms with van der Waals surface area (Å²) in [6.45, 7) is 9.09. The first-order chi connectivity index (χ1) is 12.3. The summed E-state index contributed by atoms with van der Waals surface area (Å²) in [5.41, 5.74) is 0. The third-order valence-corrected chi connectivity index (χ3v) is 6.05. The molecular formula is C19H32N4O2. The van der Waals surface area contributed by atoms with Crippen molar-refractivity contribution in [1.82, 2.24) is 19.7 Å². The molecule has 3 aliphatic rings. The van der Waals surface area contributed by atoms with Gasteiger partial charge in [0.1, 0.15) is 5.82 Å². The molecule has 3 aliphatic heterocycles. The molecule has 3 fully saturated rings. The molecule has 1 aromatic heterocycles. The Morgan fingerprint density at radius 3 is 2.40 bits per heavy atom. The van der Waals surface area contributed by atoms with Crippen LogP contribution in [0.3, 0.4) is 0 Å². The fraction of sp³-hybridized carbons (Fsp3) is 0.895. The maximum Gasteiger partial charge on any atom is 0.156 e. The summed E-state index contributed by atoms with van der Waals surface area (Å²) in [6.07, 6.45) is 6.99. The fourth-order valence-electron chi connectivity index (χ4n) is 4.53. The summed E-state index contributed by atoms with van der Waals surface area (Å²) < 4.78 is 13.3. The molecule has 6 nitrogen and oxygen atoms in total. The first kappa shape index (κ1) is 17.4. The monoisotopic (exact) mass is 348 g/mol. The van der Waals surface area contributed by atoms with E-state index in [0.29, 0.717) is 11.8 Å². The quantitative estimate of drug-likeness (QED) is 0.818. The van der Waals surface area contributed by atoms with Gasteiger partial charge in [-0.15, -0.1) is 0 Å². The van der Waals surface area contributed by atoms with Crippen LogP contribution in [-0.4, -0.2) is 65.2 Å². The predicted molar refractivity (Wildman–Crippen MR) is 95.9 cm³/mol. The molecule has 6 heteroatoms. The maximum atomic E-state index is 5.54. The van der Waals surface area contributed by atoms with E-state index < -0.39 is 0 Å². The van der Waals surface area contributed by atoms with E-state index >= 15 is 0 Å². The Morgan fingerprint density at radius 1 is 0.960 bits per heavy atom. The summed E-state index contributed by atoms with van der Waals surface area (Å²) in [6, 6.07) is 0.731. The molecule has 1 unspecified atom stereocenters. The number of likely N-dealkylation sites (tertiary alicyclic amines) is 1. The molecule has 0 saturated carbocycles. The average molecular weight is 348 g/mol. The van der Waals surface area contributed by atoms with Crippen LogP contribution in [0.4, 0.5) is 0 Å². The molecule has 0 N–H and O–H groups in total.